The van der Waals surface area contributed by atoms with E-state index in [0.29, 0.717) is 31.9 Å². The zero-order valence-corrected chi connectivity index (χ0v) is 10.4. The lowest BCUT2D eigenvalue weighted by atomic mass is 10.2. The molecule has 0 saturated carbocycles. The van der Waals surface area contributed by atoms with E-state index < -0.39 is 5.43 Å². The van der Waals surface area contributed by atoms with E-state index in [4.69, 9.17) is 21.1 Å². The molecule has 1 amide bonds. The Morgan fingerprint density at radius 1 is 1.28 bits per heavy atom. The summed E-state index contributed by atoms with van der Waals surface area (Å²) in [7, 11) is 0. The molecule has 0 N–H and O–H groups in total. The standard InChI is InChI=1S/C12H12ClNO4/c13-12(16)18-10-3-1-2-9(8-10)11(15)14-4-6-17-7-5-14/h1-3,8H,4-7H2. The predicted molar refractivity (Wildman–Crippen MR) is 65.0 cm³/mol. The number of morpholine rings is 1. The highest BCUT2D eigenvalue weighted by Crippen LogP contribution is 2.16. The number of carbonyl (C=O) groups is 2. The second-order valence-corrected chi connectivity index (χ2v) is 4.08. The van der Waals surface area contributed by atoms with Gasteiger partial charge in [-0.2, -0.15) is 0 Å². The molecule has 0 atom stereocenters. The van der Waals surface area contributed by atoms with Gasteiger partial charge in [0.1, 0.15) is 5.75 Å². The van der Waals surface area contributed by atoms with Crippen LogP contribution in [-0.2, 0) is 4.74 Å². The van der Waals surface area contributed by atoms with Gasteiger partial charge in [0.15, 0.2) is 0 Å². The van der Waals surface area contributed by atoms with Crippen molar-refractivity contribution in [3.63, 3.8) is 0 Å². The van der Waals surface area contributed by atoms with Crippen LogP contribution in [0.1, 0.15) is 10.4 Å². The zero-order chi connectivity index (χ0) is 13.0. The summed E-state index contributed by atoms with van der Waals surface area (Å²) < 4.78 is 9.90. The SMILES string of the molecule is O=C(Cl)Oc1cccc(C(=O)N2CCOCC2)c1. The third kappa shape index (κ3) is 3.21. The molecule has 2 rings (SSSR count). The maximum atomic E-state index is 12.1. The van der Waals surface area contributed by atoms with Crippen LogP contribution in [0.2, 0.25) is 0 Å². The lowest BCUT2D eigenvalue weighted by Gasteiger charge is -2.26. The first-order valence-electron chi connectivity index (χ1n) is 5.51. The zero-order valence-electron chi connectivity index (χ0n) is 9.60. The number of rotatable bonds is 2. The Morgan fingerprint density at radius 3 is 2.67 bits per heavy atom. The van der Waals surface area contributed by atoms with E-state index in [-0.39, 0.29) is 11.7 Å². The molecule has 0 radical (unpaired) electrons. The van der Waals surface area contributed by atoms with Gasteiger partial charge in [-0.1, -0.05) is 6.07 Å². The molecule has 1 aliphatic heterocycles. The van der Waals surface area contributed by atoms with Gasteiger partial charge in [0.05, 0.1) is 13.2 Å². The number of carbonyl (C=O) groups excluding carboxylic acids is 2. The van der Waals surface area contributed by atoms with Gasteiger partial charge in [0.2, 0.25) is 0 Å². The van der Waals surface area contributed by atoms with Crippen molar-refractivity contribution >= 4 is 22.9 Å². The molecule has 0 unspecified atom stereocenters. The van der Waals surface area contributed by atoms with Gasteiger partial charge in [0.25, 0.3) is 5.91 Å². The monoisotopic (exact) mass is 269 g/mol. The number of nitrogens with zero attached hydrogens (tertiary/aromatic N) is 1. The van der Waals surface area contributed by atoms with E-state index in [1.165, 1.54) is 6.07 Å². The van der Waals surface area contributed by atoms with E-state index in [1.54, 1.807) is 23.1 Å². The summed E-state index contributed by atoms with van der Waals surface area (Å²) in [5, 5.41) is 0. The molecule has 0 bridgehead atoms. The van der Waals surface area contributed by atoms with Crippen molar-refractivity contribution in [1.29, 1.82) is 0 Å². The van der Waals surface area contributed by atoms with Crippen molar-refractivity contribution in [2.75, 3.05) is 26.3 Å². The molecule has 1 aromatic carbocycles. The second-order valence-electron chi connectivity index (χ2n) is 3.77. The third-order valence-corrected chi connectivity index (χ3v) is 2.65. The van der Waals surface area contributed by atoms with Crippen LogP contribution in [0.25, 0.3) is 0 Å². The van der Waals surface area contributed by atoms with Crippen molar-refractivity contribution in [2.24, 2.45) is 0 Å². The summed E-state index contributed by atoms with van der Waals surface area (Å²) in [5.41, 5.74) is -0.460. The van der Waals surface area contributed by atoms with E-state index in [9.17, 15) is 9.59 Å². The largest absolute Gasteiger partial charge is 0.414 e. The Hall–Kier alpha value is -1.59. The number of hydrogen-bond acceptors (Lipinski definition) is 4. The summed E-state index contributed by atoms with van der Waals surface area (Å²) in [4.78, 5) is 24.5. The number of benzene rings is 1. The maximum absolute atomic E-state index is 12.1. The summed E-state index contributed by atoms with van der Waals surface area (Å²) in [5.74, 6) is 0.153. The second kappa shape index (κ2) is 5.84. The molecule has 1 aliphatic rings. The molecule has 5 nitrogen and oxygen atoms in total. The quantitative estimate of drug-likeness (QED) is 0.770. The third-order valence-electron chi connectivity index (χ3n) is 2.58. The number of amides is 1. The van der Waals surface area contributed by atoms with E-state index in [1.807, 2.05) is 0 Å². The summed E-state index contributed by atoms with van der Waals surface area (Å²) >= 11 is 5.12. The predicted octanol–water partition coefficient (Wildman–Crippen LogP) is 1.90. The molecule has 18 heavy (non-hydrogen) atoms. The van der Waals surface area contributed by atoms with Crippen LogP contribution in [-0.4, -0.2) is 42.5 Å². The molecule has 0 spiro atoms. The highest BCUT2D eigenvalue weighted by atomic mass is 35.5. The fraction of sp³-hybridized carbons (Fsp3) is 0.333. The van der Waals surface area contributed by atoms with E-state index in [0.717, 1.165) is 0 Å². The van der Waals surface area contributed by atoms with Crippen LogP contribution >= 0.6 is 11.6 Å². The topological polar surface area (TPSA) is 55.8 Å². The number of ether oxygens (including phenoxy) is 2. The maximum Gasteiger partial charge on any atom is 0.409 e. The molecule has 96 valence electrons. The molecule has 0 aliphatic carbocycles. The molecular formula is C12H12ClNO4. The van der Waals surface area contributed by atoms with Gasteiger partial charge in [-0.05, 0) is 18.2 Å². The molecule has 1 saturated heterocycles. The van der Waals surface area contributed by atoms with Crippen molar-refractivity contribution in [1.82, 2.24) is 4.90 Å². The Morgan fingerprint density at radius 2 is 2.00 bits per heavy atom. The fourth-order valence-corrected chi connectivity index (χ4v) is 1.82. The van der Waals surface area contributed by atoms with Gasteiger partial charge in [0, 0.05) is 30.3 Å². The lowest BCUT2D eigenvalue weighted by molar-refractivity contribution is 0.0302. The Balaban J connectivity index is 2.11. The normalized spacial score (nSPS) is 15.3. The van der Waals surface area contributed by atoms with Crippen molar-refractivity contribution in [3.05, 3.63) is 29.8 Å². The van der Waals surface area contributed by atoms with Crippen molar-refractivity contribution in [3.8, 4) is 5.75 Å². The Labute approximate surface area is 109 Å². The minimum absolute atomic E-state index is 0.106. The first-order chi connectivity index (χ1) is 8.66. The summed E-state index contributed by atoms with van der Waals surface area (Å²) in [6.45, 7) is 2.22. The molecule has 6 heteroatoms. The van der Waals surface area contributed by atoms with Crippen LogP contribution in [0.3, 0.4) is 0 Å². The lowest BCUT2D eigenvalue weighted by Crippen LogP contribution is -2.40. The van der Waals surface area contributed by atoms with Gasteiger partial charge >= 0.3 is 5.43 Å². The van der Waals surface area contributed by atoms with Gasteiger partial charge in [-0.15, -0.1) is 0 Å². The fourth-order valence-electron chi connectivity index (χ4n) is 1.73. The summed E-state index contributed by atoms with van der Waals surface area (Å²) in [6, 6.07) is 6.38. The average molecular weight is 270 g/mol. The minimum atomic E-state index is -0.925. The molecule has 1 aromatic rings. The minimum Gasteiger partial charge on any atom is -0.414 e. The summed E-state index contributed by atoms with van der Waals surface area (Å²) in [6.07, 6.45) is 0. The Bertz CT molecular complexity index is 457. The first kappa shape index (κ1) is 12.9. The van der Waals surface area contributed by atoms with Crippen molar-refractivity contribution < 1.29 is 19.1 Å². The van der Waals surface area contributed by atoms with Crippen LogP contribution in [0.15, 0.2) is 24.3 Å². The first-order valence-corrected chi connectivity index (χ1v) is 5.89. The number of halogens is 1. The van der Waals surface area contributed by atoms with Gasteiger partial charge in [-0.25, -0.2) is 4.79 Å². The van der Waals surface area contributed by atoms with Gasteiger partial charge in [-0.3, -0.25) is 4.79 Å². The molecule has 0 aromatic heterocycles. The molecule has 1 heterocycles. The van der Waals surface area contributed by atoms with Gasteiger partial charge < -0.3 is 14.4 Å². The number of hydrogen-bond donors (Lipinski definition) is 0. The van der Waals surface area contributed by atoms with Crippen molar-refractivity contribution in [2.45, 2.75) is 0 Å². The molecular weight excluding hydrogens is 258 g/mol. The van der Waals surface area contributed by atoms with Crippen LogP contribution in [0, 0.1) is 0 Å². The highest BCUT2D eigenvalue weighted by Gasteiger charge is 2.18. The Kier molecular flexibility index (Phi) is 4.17. The van der Waals surface area contributed by atoms with E-state index in [2.05, 4.69) is 0 Å². The van der Waals surface area contributed by atoms with Crippen LogP contribution in [0.4, 0.5) is 4.79 Å². The average Bonchev–Trinajstić information content (AvgIpc) is 2.38. The molecule has 1 fully saturated rings. The van der Waals surface area contributed by atoms with E-state index >= 15 is 0 Å². The van der Waals surface area contributed by atoms with Crippen LogP contribution < -0.4 is 4.74 Å². The van der Waals surface area contributed by atoms with Crippen LogP contribution in [0.5, 0.6) is 5.75 Å². The smallest absolute Gasteiger partial charge is 0.409 e. The highest BCUT2D eigenvalue weighted by molar-refractivity contribution is 6.61.